The van der Waals surface area contributed by atoms with Crippen LogP contribution in [0.25, 0.3) is 0 Å². The number of carbonyl (C=O) groups is 1. The molecule has 0 bridgehead atoms. The van der Waals surface area contributed by atoms with E-state index in [1.54, 1.807) is 6.92 Å². The van der Waals surface area contributed by atoms with Gasteiger partial charge in [-0.3, -0.25) is 4.79 Å². The van der Waals surface area contributed by atoms with Crippen LogP contribution in [0.1, 0.15) is 26.7 Å². The van der Waals surface area contributed by atoms with Gasteiger partial charge in [-0.05, 0) is 25.7 Å². The fraction of sp³-hybridized carbons (Fsp3) is 0.692. The predicted molar refractivity (Wildman–Crippen MR) is 89.7 cm³/mol. The van der Waals surface area contributed by atoms with Gasteiger partial charge in [-0.15, -0.1) is 24.0 Å². The van der Waals surface area contributed by atoms with Crippen molar-refractivity contribution < 1.29 is 4.79 Å². The quantitative estimate of drug-likeness (QED) is 0.335. The van der Waals surface area contributed by atoms with Crippen LogP contribution < -0.4 is 11.1 Å². The summed E-state index contributed by atoms with van der Waals surface area (Å²) in [5.74, 6) is 1.07. The van der Waals surface area contributed by atoms with E-state index in [-0.39, 0.29) is 29.9 Å². The van der Waals surface area contributed by atoms with E-state index in [9.17, 15) is 4.79 Å². The Morgan fingerprint density at radius 3 is 2.79 bits per heavy atom. The monoisotopic (exact) mass is 380 g/mol. The number of aliphatic imine (C=N–C) groups is 1. The second-order valence-corrected chi connectivity index (χ2v) is 5.01. The van der Waals surface area contributed by atoms with Crippen molar-refractivity contribution in [1.82, 2.24) is 10.2 Å². The van der Waals surface area contributed by atoms with E-state index in [4.69, 9.17) is 5.73 Å². The zero-order valence-corrected chi connectivity index (χ0v) is 14.1. The Bertz CT molecular complexity index is 344. The minimum absolute atomic E-state index is 0. The number of nitrogens with one attached hydrogen (secondary N) is 1. The summed E-state index contributed by atoms with van der Waals surface area (Å²) in [6, 6.07) is 0. The summed E-state index contributed by atoms with van der Waals surface area (Å²) in [5, 5.41) is 3.12. The van der Waals surface area contributed by atoms with Gasteiger partial charge in [0.15, 0.2) is 5.96 Å². The van der Waals surface area contributed by atoms with Crippen molar-refractivity contribution in [3.8, 4) is 0 Å². The number of nitrogens with zero attached hydrogens (tertiary/aromatic N) is 2. The van der Waals surface area contributed by atoms with E-state index in [2.05, 4.69) is 16.9 Å². The summed E-state index contributed by atoms with van der Waals surface area (Å²) >= 11 is 0. The van der Waals surface area contributed by atoms with Crippen LogP contribution in [0.5, 0.6) is 0 Å². The van der Waals surface area contributed by atoms with Crippen LogP contribution in [0.4, 0.5) is 0 Å². The lowest BCUT2D eigenvalue weighted by Crippen LogP contribution is -2.44. The Hall–Kier alpha value is -0.790. The smallest absolute Gasteiger partial charge is 0.219 e. The molecule has 1 amide bonds. The molecule has 1 fully saturated rings. The van der Waals surface area contributed by atoms with Crippen molar-refractivity contribution in [2.45, 2.75) is 26.7 Å². The first-order chi connectivity index (χ1) is 8.49. The molecular formula is C13H25IN4O. The number of hydrogen-bond acceptors (Lipinski definition) is 2. The third kappa shape index (κ3) is 7.39. The van der Waals surface area contributed by atoms with Gasteiger partial charge in [0.05, 0.1) is 6.54 Å². The minimum atomic E-state index is 0. The number of piperidine rings is 1. The highest BCUT2D eigenvalue weighted by Gasteiger charge is 2.21. The average Bonchev–Trinajstić information content (AvgIpc) is 2.34. The topological polar surface area (TPSA) is 70.7 Å². The van der Waals surface area contributed by atoms with Crippen molar-refractivity contribution >= 4 is 35.8 Å². The zero-order chi connectivity index (χ0) is 13.5. The van der Waals surface area contributed by atoms with Gasteiger partial charge in [0.1, 0.15) is 0 Å². The van der Waals surface area contributed by atoms with E-state index in [1.807, 2.05) is 11.8 Å². The molecule has 1 heterocycles. The van der Waals surface area contributed by atoms with Crippen LogP contribution >= 0.6 is 24.0 Å². The first-order valence-electron chi connectivity index (χ1n) is 6.42. The van der Waals surface area contributed by atoms with Crippen molar-refractivity contribution in [1.29, 1.82) is 0 Å². The molecule has 1 atom stereocenters. The number of hydrogen-bond donors (Lipinski definition) is 2. The molecule has 5 nitrogen and oxygen atoms in total. The van der Waals surface area contributed by atoms with Gasteiger partial charge in [-0.1, -0.05) is 12.2 Å². The number of guanidine groups is 1. The van der Waals surface area contributed by atoms with Gasteiger partial charge in [0.25, 0.3) is 0 Å². The van der Waals surface area contributed by atoms with Crippen LogP contribution in [0.15, 0.2) is 17.1 Å². The van der Waals surface area contributed by atoms with Crippen LogP contribution in [0.2, 0.25) is 0 Å². The number of nitrogens with two attached hydrogens (primary N) is 1. The Labute approximate surface area is 132 Å². The van der Waals surface area contributed by atoms with Crippen molar-refractivity contribution in [3.63, 3.8) is 0 Å². The molecule has 1 unspecified atom stereocenters. The van der Waals surface area contributed by atoms with Gasteiger partial charge in [-0.25, -0.2) is 4.99 Å². The zero-order valence-electron chi connectivity index (χ0n) is 11.8. The third-order valence-electron chi connectivity index (χ3n) is 3.06. The van der Waals surface area contributed by atoms with E-state index < -0.39 is 0 Å². The SMILES string of the molecule is C=C(C)CN=C(N)NCC1CCCN(C(C)=O)C1.I. The average molecular weight is 380 g/mol. The van der Waals surface area contributed by atoms with Gasteiger partial charge in [-0.2, -0.15) is 0 Å². The number of carbonyl (C=O) groups excluding carboxylic acids is 1. The van der Waals surface area contributed by atoms with Crippen molar-refractivity contribution in [3.05, 3.63) is 12.2 Å². The fourth-order valence-electron chi connectivity index (χ4n) is 2.04. The third-order valence-corrected chi connectivity index (χ3v) is 3.06. The molecule has 1 rings (SSSR count). The van der Waals surface area contributed by atoms with Crippen LogP contribution in [0, 0.1) is 5.92 Å². The molecule has 0 aromatic rings. The molecule has 6 heteroatoms. The van der Waals surface area contributed by atoms with E-state index >= 15 is 0 Å². The molecule has 0 radical (unpaired) electrons. The van der Waals surface area contributed by atoms with Gasteiger partial charge < -0.3 is 16.0 Å². The highest BCUT2D eigenvalue weighted by atomic mass is 127. The normalized spacial score (nSPS) is 19.6. The van der Waals surface area contributed by atoms with Crippen molar-refractivity contribution in [2.24, 2.45) is 16.6 Å². The summed E-state index contributed by atoms with van der Waals surface area (Å²) in [5.41, 5.74) is 6.74. The first-order valence-corrected chi connectivity index (χ1v) is 6.42. The second kappa shape index (κ2) is 9.17. The molecule has 3 N–H and O–H groups in total. The fourth-order valence-corrected chi connectivity index (χ4v) is 2.04. The lowest BCUT2D eigenvalue weighted by Gasteiger charge is -2.32. The summed E-state index contributed by atoms with van der Waals surface area (Å²) < 4.78 is 0. The highest BCUT2D eigenvalue weighted by molar-refractivity contribution is 14.0. The Morgan fingerprint density at radius 1 is 1.53 bits per heavy atom. The Morgan fingerprint density at radius 2 is 2.21 bits per heavy atom. The molecule has 0 aromatic heterocycles. The highest BCUT2D eigenvalue weighted by Crippen LogP contribution is 2.15. The van der Waals surface area contributed by atoms with E-state index in [1.165, 1.54) is 0 Å². The molecule has 19 heavy (non-hydrogen) atoms. The number of amides is 1. The lowest BCUT2D eigenvalue weighted by atomic mass is 9.98. The Balaban J connectivity index is 0.00000324. The van der Waals surface area contributed by atoms with Gasteiger partial charge >= 0.3 is 0 Å². The number of rotatable bonds is 4. The molecule has 1 aliphatic heterocycles. The number of likely N-dealkylation sites (tertiary alicyclic amines) is 1. The van der Waals surface area contributed by atoms with Gasteiger partial charge in [0.2, 0.25) is 5.91 Å². The van der Waals surface area contributed by atoms with E-state index in [0.29, 0.717) is 18.4 Å². The summed E-state index contributed by atoms with van der Waals surface area (Å²) in [7, 11) is 0. The van der Waals surface area contributed by atoms with Gasteiger partial charge in [0, 0.05) is 26.6 Å². The molecule has 0 spiro atoms. The summed E-state index contributed by atoms with van der Waals surface area (Å²) in [6.07, 6.45) is 2.19. The molecule has 1 aliphatic rings. The molecule has 0 aromatic carbocycles. The maximum Gasteiger partial charge on any atom is 0.219 e. The van der Waals surface area contributed by atoms with Crippen LogP contribution in [-0.2, 0) is 4.79 Å². The second-order valence-electron chi connectivity index (χ2n) is 5.01. The predicted octanol–water partition coefficient (Wildman–Crippen LogP) is 1.34. The summed E-state index contributed by atoms with van der Waals surface area (Å²) in [4.78, 5) is 17.4. The lowest BCUT2D eigenvalue weighted by molar-refractivity contribution is -0.130. The molecule has 110 valence electrons. The van der Waals surface area contributed by atoms with Crippen LogP contribution in [-0.4, -0.2) is 42.9 Å². The molecule has 0 saturated carbocycles. The number of halogens is 1. The first kappa shape index (κ1) is 18.2. The maximum atomic E-state index is 11.3. The molecular weight excluding hydrogens is 355 g/mol. The largest absolute Gasteiger partial charge is 0.370 e. The Kier molecular flexibility index (Phi) is 8.79. The maximum absolute atomic E-state index is 11.3. The molecule has 0 aliphatic carbocycles. The van der Waals surface area contributed by atoms with Crippen molar-refractivity contribution in [2.75, 3.05) is 26.2 Å². The standard InChI is InChI=1S/C13H24N4O.HI/c1-10(2)7-15-13(14)16-8-12-5-4-6-17(9-12)11(3)18;/h12H,1,4-9H2,2-3H3,(H3,14,15,16);1H. The van der Waals surface area contributed by atoms with Crippen LogP contribution in [0.3, 0.4) is 0 Å². The minimum Gasteiger partial charge on any atom is -0.370 e. The summed E-state index contributed by atoms with van der Waals surface area (Å²) in [6.45, 7) is 10.3. The molecule has 1 saturated heterocycles. The van der Waals surface area contributed by atoms with E-state index in [0.717, 1.165) is 38.0 Å².